The van der Waals surface area contributed by atoms with Crippen LogP contribution in [0.5, 0.6) is 0 Å². The van der Waals surface area contributed by atoms with E-state index >= 15 is 0 Å². The zero-order valence-electron chi connectivity index (χ0n) is 10.5. The van der Waals surface area contributed by atoms with E-state index in [1.165, 1.54) is 64.2 Å². The van der Waals surface area contributed by atoms with Crippen molar-refractivity contribution in [3.63, 3.8) is 0 Å². The first-order valence-corrected chi connectivity index (χ1v) is 6.40. The van der Waals surface area contributed by atoms with Crippen LogP contribution in [0.4, 0.5) is 0 Å². The third-order valence-corrected chi connectivity index (χ3v) is 2.56. The molecule has 2 N–H and O–H groups in total. The molecule has 0 aromatic rings. The number of unbranched alkanes of at least 4 members (excludes halogenated alkanes) is 9. The number of hydrogen-bond acceptors (Lipinski definition) is 2. The number of rotatable bonds is 10. The molecule has 0 aromatic carbocycles. The molecule has 0 saturated carbocycles. The second-order valence-electron chi connectivity index (χ2n) is 3.97. The van der Waals surface area contributed by atoms with Crippen LogP contribution in [0.2, 0.25) is 0 Å². The minimum absolute atomic E-state index is 0.872. The lowest BCUT2D eigenvalue weighted by atomic mass is 10.1. The van der Waals surface area contributed by atoms with Gasteiger partial charge in [-0.25, -0.2) is 0 Å². The summed E-state index contributed by atoms with van der Waals surface area (Å²) in [7, 11) is 0. The fourth-order valence-corrected chi connectivity index (χ4v) is 1.63. The Hall–Kier alpha value is -0.370. The van der Waals surface area contributed by atoms with Crippen molar-refractivity contribution >= 4 is 6.79 Å². The Kier molecular flexibility index (Phi) is 21.9. The highest BCUT2D eigenvalue weighted by Crippen LogP contribution is 2.09. The van der Waals surface area contributed by atoms with Gasteiger partial charge in [0.25, 0.3) is 0 Å². The smallest absolute Gasteiger partial charge is 0.106 e. The summed E-state index contributed by atoms with van der Waals surface area (Å²) in [5, 5.41) is 0. The van der Waals surface area contributed by atoms with Crippen LogP contribution >= 0.6 is 0 Å². The molecule has 0 bridgehead atoms. The van der Waals surface area contributed by atoms with E-state index in [1.807, 2.05) is 6.79 Å². The summed E-state index contributed by atoms with van der Waals surface area (Å²) in [5.74, 6) is 0. The highest BCUT2D eigenvalue weighted by atomic mass is 16.1. The lowest BCUT2D eigenvalue weighted by Gasteiger charge is -2.00. The molecule has 0 rings (SSSR count). The predicted octanol–water partition coefficient (Wildman–Crippen LogP) is 3.68. The topological polar surface area (TPSA) is 43.1 Å². The fraction of sp³-hybridized carbons (Fsp3) is 0.923. The number of hydrogen-bond donors (Lipinski definition) is 1. The molecule has 0 unspecified atom stereocenters. The van der Waals surface area contributed by atoms with Crippen molar-refractivity contribution in [2.75, 3.05) is 6.54 Å². The molecule has 0 amide bonds. The average molecular weight is 215 g/mol. The Morgan fingerprint density at radius 1 is 0.733 bits per heavy atom. The van der Waals surface area contributed by atoms with Crippen LogP contribution in [0.3, 0.4) is 0 Å². The van der Waals surface area contributed by atoms with Gasteiger partial charge in [0.2, 0.25) is 0 Å². The molecule has 2 heteroatoms. The van der Waals surface area contributed by atoms with Gasteiger partial charge in [-0.2, -0.15) is 0 Å². The van der Waals surface area contributed by atoms with Crippen LogP contribution in [-0.2, 0) is 4.79 Å². The molecular weight excluding hydrogens is 186 g/mol. The Labute approximate surface area is 95.6 Å². The lowest BCUT2D eigenvalue weighted by molar-refractivity contribution is -0.0979. The van der Waals surface area contributed by atoms with Crippen molar-refractivity contribution < 1.29 is 4.79 Å². The molecule has 0 atom stereocenters. The van der Waals surface area contributed by atoms with Crippen LogP contribution in [0.15, 0.2) is 0 Å². The Bertz CT molecular complexity index is 86.5. The van der Waals surface area contributed by atoms with E-state index in [1.54, 1.807) is 0 Å². The van der Waals surface area contributed by atoms with E-state index in [0.29, 0.717) is 0 Å². The summed E-state index contributed by atoms with van der Waals surface area (Å²) >= 11 is 0. The molecule has 15 heavy (non-hydrogen) atoms. The van der Waals surface area contributed by atoms with E-state index in [9.17, 15) is 0 Å². The molecule has 0 radical (unpaired) electrons. The fourth-order valence-electron chi connectivity index (χ4n) is 1.63. The van der Waals surface area contributed by atoms with Gasteiger partial charge < -0.3 is 10.5 Å². The molecular formula is C13H29NO. The zero-order chi connectivity index (χ0) is 11.8. The van der Waals surface area contributed by atoms with E-state index in [-0.39, 0.29) is 0 Å². The molecule has 92 valence electrons. The first-order valence-electron chi connectivity index (χ1n) is 6.40. The van der Waals surface area contributed by atoms with Gasteiger partial charge in [0.15, 0.2) is 0 Å². The largest absolute Gasteiger partial charge is 0.330 e. The van der Waals surface area contributed by atoms with Crippen molar-refractivity contribution in [3.05, 3.63) is 0 Å². The standard InChI is InChI=1S/C12H27N.CH2O/c1-2-3-4-5-6-7-8-9-10-11-12-13;1-2/h2-13H2,1H3;1H2. The Balaban J connectivity index is 0. The van der Waals surface area contributed by atoms with Crippen molar-refractivity contribution in [1.29, 1.82) is 0 Å². The van der Waals surface area contributed by atoms with Crippen molar-refractivity contribution in [2.24, 2.45) is 5.73 Å². The van der Waals surface area contributed by atoms with Gasteiger partial charge in [-0.1, -0.05) is 64.7 Å². The van der Waals surface area contributed by atoms with Crippen LogP contribution in [0.25, 0.3) is 0 Å². The predicted molar refractivity (Wildman–Crippen MR) is 68.0 cm³/mol. The summed E-state index contributed by atoms with van der Waals surface area (Å²) in [5.41, 5.74) is 5.42. The van der Waals surface area contributed by atoms with Crippen LogP contribution in [-0.4, -0.2) is 13.3 Å². The van der Waals surface area contributed by atoms with E-state index in [0.717, 1.165) is 6.54 Å². The maximum absolute atomic E-state index is 8.00. The molecule has 0 aliphatic carbocycles. The van der Waals surface area contributed by atoms with E-state index in [2.05, 4.69) is 6.92 Å². The molecule has 0 saturated heterocycles. The molecule has 0 aliphatic rings. The number of nitrogens with two attached hydrogens (primary N) is 1. The normalized spacial score (nSPS) is 9.47. The second-order valence-corrected chi connectivity index (χ2v) is 3.97. The third kappa shape index (κ3) is 19.9. The summed E-state index contributed by atoms with van der Waals surface area (Å²) in [6.45, 7) is 5.14. The van der Waals surface area contributed by atoms with Crippen LogP contribution < -0.4 is 5.73 Å². The molecule has 0 aliphatic heterocycles. The first kappa shape index (κ1) is 17.0. The Morgan fingerprint density at radius 3 is 1.40 bits per heavy atom. The molecule has 2 nitrogen and oxygen atoms in total. The minimum Gasteiger partial charge on any atom is -0.330 e. The molecule has 0 heterocycles. The van der Waals surface area contributed by atoms with Crippen molar-refractivity contribution in [3.8, 4) is 0 Å². The van der Waals surface area contributed by atoms with Crippen LogP contribution in [0.1, 0.15) is 71.1 Å². The maximum Gasteiger partial charge on any atom is 0.106 e. The van der Waals surface area contributed by atoms with Crippen molar-refractivity contribution in [1.82, 2.24) is 0 Å². The monoisotopic (exact) mass is 215 g/mol. The van der Waals surface area contributed by atoms with Gasteiger partial charge >= 0.3 is 0 Å². The second kappa shape index (κ2) is 19.2. The van der Waals surface area contributed by atoms with Gasteiger partial charge in [0.1, 0.15) is 6.79 Å². The highest BCUT2D eigenvalue weighted by molar-refractivity contribution is 5.10. The highest BCUT2D eigenvalue weighted by Gasteiger charge is 1.90. The van der Waals surface area contributed by atoms with E-state index in [4.69, 9.17) is 10.5 Å². The number of carbonyl (C=O) groups excluding carboxylic acids is 1. The van der Waals surface area contributed by atoms with E-state index < -0.39 is 0 Å². The van der Waals surface area contributed by atoms with Gasteiger partial charge in [-0.15, -0.1) is 0 Å². The lowest BCUT2D eigenvalue weighted by Crippen LogP contribution is -1.97. The first-order chi connectivity index (χ1) is 7.41. The summed E-state index contributed by atoms with van der Waals surface area (Å²) in [6, 6.07) is 0. The SMILES string of the molecule is C=O.CCCCCCCCCCCCN. The van der Waals surface area contributed by atoms with Gasteiger partial charge in [-0.3, -0.25) is 0 Å². The average Bonchev–Trinajstić information content (AvgIpc) is 2.30. The molecule has 0 aromatic heterocycles. The minimum atomic E-state index is 0.872. The van der Waals surface area contributed by atoms with Crippen LogP contribution in [0, 0.1) is 0 Å². The van der Waals surface area contributed by atoms with Gasteiger partial charge in [0, 0.05) is 0 Å². The maximum atomic E-state index is 8.00. The summed E-state index contributed by atoms with van der Waals surface area (Å²) in [6.07, 6.45) is 13.9. The zero-order valence-corrected chi connectivity index (χ0v) is 10.5. The third-order valence-electron chi connectivity index (χ3n) is 2.56. The molecule has 0 spiro atoms. The summed E-state index contributed by atoms with van der Waals surface area (Å²) in [4.78, 5) is 8.00. The van der Waals surface area contributed by atoms with Gasteiger partial charge in [-0.05, 0) is 13.0 Å². The quantitative estimate of drug-likeness (QED) is 0.565. The number of carbonyl (C=O) groups is 1. The summed E-state index contributed by atoms with van der Waals surface area (Å²) < 4.78 is 0. The molecule has 0 fully saturated rings. The Morgan fingerprint density at radius 2 is 1.07 bits per heavy atom. The van der Waals surface area contributed by atoms with Crippen molar-refractivity contribution in [2.45, 2.75) is 71.1 Å². The van der Waals surface area contributed by atoms with Gasteiger partial charge in [0.05, 0.1) is 0 Å².